The molecule has 0 fully saturated rings. The van der Waals surface area contributed by atoms with E-state index in [2.05, 4.69) is 62.2 Å². The number of rotatable bonds is 20. The molecule has 0 bridgehead atoms. The van der Waals surface area contributed by atoms with Gasteiger partial charge in [0, 0.05) is 22.0 Å². The fourth-order valence-corrected chi connectivity index (χ4v) is 5.38. The van der Waals surface area contributed by atoms with E-state index in [4.69, 9.17) is 14.2 Å². The maximum absolute atomic E-state index is 5.80. The molecule has 0 aromatic carbocycles. The van der Waals surface area contributed by atoms with Crippen molar-refractivity contribution in [3.8, 4) is 18.0 Å². The van der Waals surface area contributed by atoms with Gasteiger partial charge in [-0.3, -0.25) is 0 Å². The van der Waals surface area contributed by atoms with Gasteiger partial charge in [0.25, 0.3) is 0 Å². The van der Waals surface area contributed by atoms with Crippen LogP contribution in [0.3, 0.4) is 0 Å². The van der Waals surface area contributed by atoms with Crippen LogP contribution >= 0.6 is 47.9 Å². The lowest BCUT2D eigenvalue weighted by atomic mass is 10.1. The molecule has 6 nitrogen and oxygen atoms in total. The molecule has 0 aliphatic carbocycles. The molecule has 1 atom stereocenters. The van der Waals surface area contributed by atoms with Gasteiger partial charge in [-0.25, -0.2) is 0 Å². The Morgan fingerprint density at radius 1 is 0.788 bits per heavy atom. The first kappa shape index (κ1) is 30.8. The molecule has 0 aliphatic heterocycles. The Morgan fingerprint density at radius 3 is 1.79 bits per heavy atom. The van der Waals surface area contributed by atoms with E-state index in [0.29, 0.717) is 30.5 Å². The number of aromatic nitrogens is 3. The zero-order chi connectivity index (χ0) is 24.4. The summed E-state index contributed by atoms with van der Waals surface area (Å²) in [6, 6.07) is 0.818. The molecule has 1 heterocycles. The van der Waals surface area contributed by atoms with Crippen molar-refractivity contribution in [1.82, 2.24) is 15.0 Å². The van der Waals surface area contributed by atoms with Crippen LogP contribution in [0.5, 0.6) is 18.0 Å². The van der Waals surface area contributed by atoms with Gasteiger partial charge < -0.3 is 14.2 Å². The Morgan fingerprint density at radius 2 is 1.30 bits per heavy atom. The van der Waals surface area contributed by atoms with Gasteiger partial charge in [0.15, 0.2) is 0 Å². The third kappa shape index (κ3) is 17.8. The number of hydrogen-bond acceptors (Lipinski definition) is 10. The molecule has 0 saturated heterocycles. The minimum Gasteiger partial charge on any atom is -0.463 e. The van der Waals surface area contributed by atoms with E-state index in [1.165, 1.54) is 5.75 Å². The van der Waals surface area contributed by atoms with E-state index < -0.39 is 0 Å². The van der Waals surface area contributed by atoms with Crippen molar-refractivity contribution in [2.24, 2.45) is 5.92 Å². The van der Waals surface area contributed by atoms with E-state index in [1.807, 2.05) is 35.3 Å². The second-order valence-electron chi connectivity index (χ2n) is 8.65. The molecule has 1 rings (SSSR count). The molecule has 1 aromatic heterocycles. The monoisotopic (exact) mass is 537 g/mol. The lowest BCUT2D eigenvalue weighted by Gasteiger charge is -2.16. The Hall–Kier alpha value is -0.190. The van der Waals surface area contributed by atoms with Gasteiger partial charge in [-0.2, -0.15) is 47.9 Å². The van der Waals surface area contributed by atoms with Gasteiger partial charge in [-0.1, -0.05) is 41.0 Å². The summed E-state index contributed by atoms with van der Waals surface area (Å²) in [7, 11) is 0. The molecule has 0 radical (unpaired) electrons. The van der Waals surface area contributed by atoms with Gasteiger partial charge in [-0.05, 0) is 42.4 Å². The van der Waals surface area contributed by atoms with Crippen molar-refractivity contribution in [1.29, 1.82) is 0 Å². The Kier molecular flexibility index (Phi) is 17.8. The highest BCUT2D eigenvalue weighted by atomic mass is 32.2. The first-order chi connectivity index (χ1) is 15.8. The summed E-state index contributed by atoms with van der Waals surface area (Å²) in [5.74, 6) is 6.97. The van der Waals surface area contributed by atoms with Gasteiger partial charge in [-0.15, -0.1) is 15.0 Å². The summed E-state index contributed by atoms with van der Waals surface area (Å²) in [6.07, 6.45) is 3.96. The predicted octanol–water partition coefficient (Wildman–Crippen LogP) is 6.15. The van der Waals surface area contributed by atoms with Crippen molar-refractivity contribution in [3.05, 3.63) is 0 Å². The third-order valence-corrected chi connectivity index (χ3v) is 8.64. The maximum Gasteiger partial charge on any atom is 0.325 e. The Bertz CT molecular complexity index is 621. The molecule has 0 N–H and O–H groups in total. The summed E-state index contributed by atoms with van der Waals surface area (Å²) >= 11 is 10.1. The smallest absolute Gasteiger partial charge is 0.325 e. The maximum atomic E-state index is 5.80. The van der Waals surface area contributed by atoms with E-state index in [1.54, 1.807) is 0 Å². The van der Waals surface area contributed by atoms with Crippen molar-refractivity contribution in [3.63, 3.8) is 0 Å². The van der Waals surface area contributed by atoms with Crippen molar-refractivity contribution < 1.29 is 14.2 Å². The van der Waals surface area contributed by atoms with Gasteiger partial charge in [0.2, 0.25) is 0 Å². The SMILES string of the molecule is CCC(C)CCOc1nc(OCCCSCCS)nc(OCCCSCCSC(C)(C)C)n1. The topological polar surface area (TPSA) is 66.4 Å². The largest absolute Gasteiger partial charge is 0.463 e. The van der Waals surface area contributed by atoms with Crippen LogP contribution in [0.15, 0.2) is 0 Å². The molecule has 33 heavy (non-hydrogen) atoms. The van der Waals surface area contributed by atoms with Crippen LogP contribution in [-0.2, 0) is 0 Å². The number of thioether (sulfide) groups is 3. The number of thiol groups is 1. The van der Waals surface area contributed by atoms with Crippen LogP contribution in [-0.4, -0.2) is 74.0 Å². The fourth-order valence-electron chi connectivity index (χ4n) is 2.39. The van der Waals surface area contributed by atoms with Crippen LogP contribution in [0, 0.1) is 5.92 Å². The van der Waals surface area contributed by atoms with Gasteiger partial charge in [0.1, 0.15) is 0 Å². The first-order valence-corrected chi connectivity index (χ1v) is 15.8. The van der Waals surface area contributed by atoms with Crippen LogP contribution < -0.4 is 14.2 Å². The number of hydrogen-bond donors (Lipinski definition) is 1. The molecular weight excluding hydrogens is 495 g/mol. The average Bonchev–Trinajstić information content (AvgIpc) is 2.77. The minimum atomic E-state index is 0.270. The molecular formula is C23H43N3O3S4. The second-order valence-corrected chi connectivity index (χ2v) is 13.5. The zero-order valence-corrected chi connectivity index (χ0v) is 24.4. The molecule has 0 spiro atoms. The van der Waals surface area contributed by atoms with E-state index in [0.717, 1.165) is 54.4 Å². The first-order valence-electron chi connectivity index (χ1n) is 11.9. The molecule has 1 aromatic rings. The quantitative estimate of drug-likeness (QED) is 0.156. The predicted molar refractivity (Wildman–Crippen MR) is 150 cm³/mol. The highest BCUT2D eigenvalue weighted by molar-refractivity contribution is 8.03. The molecule has 0 amide bonds. The number of ether oxygens (including phenoxy) is 3. The van der Waals surface area contributed by atoms with Crippen LogP contribution in [0.1, 0.15) is 60.3 Å². The summed E-state index contributed by atoms with van der Waals surface area (Å²) in [6.45, 7) is 12.9. The van der Waals surface area contributed by atoms with Crippen molar-refractivity contribution >= 4 is 47.9 Å². The highest BCUT2D eigenvalue weighted by Gasteiger charge is 2.12. The van der Waals surface area contributed by atoms with Crippen molar-refractivity contribution in [2.75, 3.05) is 54.3 Å². The third-order valence-electron chi connectivity index (χ3n) is 4.44. The minimum absolute atomic E-state index is 0.270. The molecule has 0 aliphatic rings. The highest BCUT2D eigenvalue weighted by Crippen LogP contribution is 2.24. The zero-order valence-electron chi connectivity index (χ0n) is 21.0. The van der Waals surface area contributed by atoms with Gasteiger partial charge >= 0.3 is 18.0 Å². The lowest BCUT2D eigenvalue weighted by Crippen LogP contribution is -2.11. The summed E-state index contributed by atoms with van der Waals surface area (Å²) in [5.41, 5.74) is 0. The average molecular weight is 538 g/mol. The van der Waals surface area contributed by atoms with E-state index >= 15 is 0 Å². The fraction of sp³-hybridized carbons (Fsp3) is 0.870. The van der Waals surface area contributed by atoms with Gasteiger partial charge in [0.05, 0.1) is 19.8 Å². The Labute approximate surface area is 219 Å². The van der Waals surface area contributed by atoms with Crippen LogP contribution in [0.25, 0.3) is 0 Å². The van der Waals surface area contributed by atoms with Crippen LogP contribution in [0.2, 0.25) is 0 Å². The standard InChI is InChI=1S/C23H43N3O3S4/c1-6-19(2)9-12-29-22-25-20(27-10-7-14-31-16-13-30)24-21(26-22)28-11-8-15-32-17-18-33-23(3,4)5/h19,30H,6-18H2,1-5H3. The summed E-state index contributed by atoms with van der Waals surface area (Å²) in [4.78, 5) is 13.0. The van der Waals surface area contributed by atoms with Crippen molar-refractivity contribution in [2.45, 2.75) is 65.0 Å². The summed E-state index contributed by atoms with van der Waals surface area (Å²) in [5, 5.41) is 0. The molecule has 1 unspecified atom stereocenters. The summed E-state index contributed by atoms with van der Waals surface area (Å²) < 4.78 is 17.7. The normalized spacial score (nSPS) is 12.5. The molecule has 192 valence electrons. The van der Waals surface area contributed by atoms with Crippen LogP contribution in [0.4, 0.5) is 0 Å². The Balaban J connectivity index is 2.45. The molecule has 10 heteroatoms. The van der Waals surface area contributed by atoms with E-state index in [9.17, 15) is 0 Å². The lowest BCUT2D eigenvalue weighted by molar-refractivity contribution is 0.226. The second kappa shape index (κ2) is 19.1. The number of nitrogens with zero attached hydrogens (tertiary/aromatic N) is 3. The molecule has 0 saturated carbocycles. The van der Waals surface area contributed by atoms with E-state index in [-0.39, 0.29) is 18.0 Å².